The summed E-state index contributed by atoms with van der Waals surface area (Å²) in [7, 11) is -2.37. The van der Waals surface area contributed by atoms with Gasteiger partial charge in [0.25, 0.3) is 10.0 Å². The Morgan fingerprint density at radius 3 is 2.20 bits per heavy atom. The zero-order valence-corrected chi connectivity index (χ0v) is 17.9. The Hall–Kier alpha value is -3.32. The monoisotopic (exact) mass is 424 g/mol. The summed E-state index contributed by atoms with van der Waals surface area (Å²) in [5.41, 5.74) is 2.83. The number of nitrogens with one attached hydrogen (secondary N) is 1. The molecule has 3 aromatic rings. The lowest BCUT2D eigenvalue weighted by Crippen LogP contribution is -2.38. The molecule has 0 radical (unpaired) electrons. The highest BCUT2D eigenvalue weighted by atomic mass is 32.2. The van der Waals surface area contributed by atoms with E-state index < -0.39 is 15.9 Å². The number of sulfonamides is 1. The van der Waals surface area contributed by atoms with Crippen molar-refractivity contribution in [3.63, 3.8) is 0 Å². The van der Waals surface area contributed by atoms with Crippen molar-refractivity contribution < 1.29 is 17.9 Å². The molecule has 7 heteroatoms. The Kier molecular flexibility index (Phi) is 6.42. The summed E-state index contributed by atoms with van der Waals surface area (Å²) in [5, 5.41) is 2.74. The molecule has 0 bridgehead atoms. The predicted octanol–water partition coefficient (Wildman–Crippen LogP) is 4.15. The van der Waals surface area contributed by atoms with Gasteiger partial charge in [-0.05, 0) is 67.9 Å². The number of anilines is 2. The summed E-state index contributed by atoms with van der Waals surface area (Å²) in [6, 6.07) is 20.5. The van der Waals surface area contributed by atoms with Crippen molar-refractivity contribution >= 4 is 27.3 Å². The van der Waals surface area contributed by atoms with E-state index in [2.05, 4.69) is 5.32 Å². The van der Waals surface area contributed by atoms with Gasteiger partial charge >= 0.3 is 0 Å². The Morgan fingerprint density at radius 1 is 0.933 bits per heavy atom. The number of methoxy groups -OCH3 is 1. The summed E-state index contributed by atoms with van der Waals surface area (Å²) in [6.45, 7) is 3.40. The van der Waals surface area contributed by atoms with Crippen LogP contribution >= 0.6 is 0 Å². The van der Waals surface area contributed by atoms with Crippen LogP contribution in [-0.4, -0.2) is 28.0 Å². The molecule has 0 aliphatic carbocycles. The molecule has 0 aromatic heterocycles. The van der Waals surface area contributed by atoms with Crippen LogP contribution in [-0.2, 0) is 14.8 Å². The first-order valence-corrected chi connectivity index (χ1v) is 10.8. The van der Waals surface area contributed by atoms with Gasteiger partial charge in [-0.1, -0.05) is 29.8 Å². The molecule has 3 rings (SSSR count). The molecule has 0 saturated carbocycles. The van der Waals surface area contributed by atoms with Crippen molar-refractivity contribution in [2.45, 2.75) is 18.7 Å². The van der Waals surface area contributed by atoms with Gasteiger partial charge in [0, 0.05) is 5.69 Å². The van der Waals surface area contributed by atoms with Gasteiger partial charge in [-0.25, -0.2) is 8.42 Å². The van der Waals surface area contributed by atoms with Gasteiger partial charge in [-0.3, -0.25) is 9.10 Å². The van der Waals surface area contributed by atoms with Gasteiger partial charge in [0.05, 0.1) is 17.7 Å². The lowest BCUT2D eigenvalue weighted by atomic mass is 10.2. The van der Waals surface area contributed by atoms with E-state index in [1.165, 1.54) is 0 Å². The van der Waals surface area contributed by atoms with Gasteiger partial charge < -0.3 is 10.1 Å². The molecule has 0 atom stereocenters. The zero-order valence-electron chi connectivity index (χ0n) is 17.1. The quantitative estimate of drug-likeness (QED) is 0.618. The molecule has 6 nitrogen and oxygen atoms in total. The predicted molar refractivity (Wildman–Crippen MR) is 119 cm³/mol. The van der Waals surface area contributed by atoms with E-state index >= 15 is 0 Å². The van der Waals surface area contributed by atoms with Crippen LogP contribution in [0, 0.1) is 13.8 Å². The summed E-state index contributed by atoms with van der Waals surface area (Å²) in [6.07, 6.45) is 0. The van der Waals surface area contributed by atoms with E-state index in [0.717, 1.165) is 15.4 Å². The second-order valence-corrected chi connectivity index (χ2v) is 8.80. The third-order valence-electron chi connectivity index (χ3n) is 4.56. The fraction of sp³-hybridized carbons (Fsp3) is 0.174. The maximum Gasteiger partial charge on any atom is 0.264 e. The zero-order chi connectivity index (χ0) is 21.7. The van der Waals surface area contributed by atoms with Crippen LogP contribution in [0.5, 0.6) is 5.75 Å². The number of aryl methyl sites for hydroxylation is 2. The molecule has 3 aromatic carbocycles. The van der Waals surface area contributed by atoms with Crippen LogP contribution in [0.2, 0.25) is 0 Å². The molecule has 1 amide bonds. The summed E-state index contributed by atoms with van der Waals surface area (Å²) >= 11 is 0. The first kappa shape index (κ1) is 21.4. The van der Waals surface area contributed by atoms with E-state index in [9.17, 15) is 13.2 Å². The van der Waals surface area contributed by atoms with Crippen LogP contribution in [0.4, 0.5) is 11.4 Å². The molecule has 0 saturated heterocycles. The number of amides is 1. The lowest BCUT2D eigenvalue weighted by Gasteiger charge is -2.24. The minimum absolute atomic E-state index is 0.131. The Labute approximate surface area is 177 Å². The minimum atomic E-state index is -3.93. The molecular weight excluding hydrogens is 400 g/mol. The largest absolute Gasteiger partial charge is 0.497 e. The second kappa shape index (κ2) is 9.00. The second-order valence-electron chi connectivity index (χ2n) is 6.94. The average Bonchev–Trinajstić information content (AvgIpc) is 2.73. The van der Waals surface area contributed by atoms with Crippen molar-refractivity contribution in [1.29, 1.82) is 0 Å². The molecule has 0 aliphatic rings. The van der Waals surface area contributed by atoms with Gasteiger partial charge in [-0.15, -0.1) is 0 Å². The van der Waals surface area contributed by atoms with E-state index in [1.54, 1.807) is 73.8 Å². The number of hydrogen-bond acceptors (Lipinski definition) is 4. The Bertz CT molecular complexity index is 1120. The van der Waals surface area contributed by atoms with E-state index in [1.807, 2.05) is 19.9 Å². The fourth-order valence-corrected chi connectivity index (χ4v) is 4.35. The Morgan fingerprint density at radius 2 is 1.60 bits per heavy atom. The first-order valence-electron chi connectivity index (χ1n) is 9.39. The molecular formula is C23H24N2O4S. The highest BCUT2D eigenvalue weighted by Gasteiger charge is 2.27. The summed E-state index contributed by atoms with van der Waals surface area (Å²) in [4.78, 5) is 12.9. The molecule has 156 valence electrons. The van der Waals surface area contributed by atoms with Gasteiger partial charge in [-0.2, -0.15) is 0 Å². The average molecular weight is 425 g/mol. The number of carbonyl (C=O) groups excluding carboxylic acids is 1. The third kappa shape index (κ3) is 4.99. The number of benzene rings is 3. The first-order chi connectivity index (χ1) is 14.3. The standard InChI is InChI=1S/C23H24N2O4S/c1-17-7-13-22(14-8-17)30(27,28)25(20-6-4-5-18(2)15-20)16-23(26)24-19-9-11-21(29-3)12-10-19/h4-15H,16H2,1-3H3,(H,24,26). The molecule has 0 unspecified atom stereocenters. The number of rotatable bonds is 7. The SMILES string of the molecule is COc1ccc(NC(=O)CN(c2cccc(C)c2)S(=O)(=O)c2ccc(C)cc2)cc1. The van der Waals surface area contributed by atoms with Crippen molar-refractivity contribution in [2.75, 3.05) is 23.3 Å². The van der Waals surface area contributed by atoms with E-state index in [0.29, 0.717) is 17.1 Å². The van der Waals surface area contributed by atoms with Crippen LogP contribution in [0.3, 0.4) is 0 Å². The van der Waals surface area contributed by atoms with Crippen LogP contribution < -0.4 is 14.4 Å². The lowest BCUT2D eigenvalue weighted by molar-refractivity contribution is -0.114. The van der Waals surface area contributed by atoms with Gasteiger partial charge in [0.1, 0.15) is 12.3 Å². The van der Waals surface area contributed by atoms with Crippen molar-refractivity contribution in [3.8, 4) is 5.75 Å². The molecule has 0 heterocycles. The molecule has 0 aliphatic heterocycles. The highest BCUT2D eigenvalue weighted by Crippen LogP contribution is 2.25. The number of nitrogens with zero attached hydrogens (tertiary/aromatic N) is 1. The van der Waals surface area contributed by atoms with Crippen LogP contribution in [0.1, 0.15) is 11.1 Å². The van der Waals surface area contributed by atoms with Crippen molar-refractivity contribution in [3.05, 3.63) is 83.9 Å². The maximum atomic E-state index is 13.4. The third-order valence-corrected chi connectivity index (χ3v) is 6.35. The molecule has 1 N–H and O–H groups in total. The topological polar surface area (TPSA) is 75.7 Å². The van der Waals surface area contributed by atoms with Gasteiger partial charge in [0.2, 0.25) is 5.91 Å². The molecule has 0 spiro atoms. The number of ether oxygens (including phenoxy) is 1. The molecule has 0 fully saturated rings. The normalized spacial score (nSPS) is 11.0. The Balaban J connectivity index is 1.91. The smallest absolute Gasteiger partial charge is 0.264 e. The fourth-order valence-electron chi connectivity index (χ4n) is 2.94. The highest BCUT2D eigenvalue weighted by molar-refractivity contribution is 7.92. The number of hydrogen-bond donors (Lipinski definition) is 1. The van der Waals surface area contributed by atoms with E-state index in [-0.39, 0.29) is 11.4 Å². The van der Waals surface area contributed by atoms with Crippen molar-refractivity contribution in [1.82, 2.24) is 0 Å². The van der Waals surface area contributed by atoms with Crippen LogP contribution in [0.15, 0.2) is 77.7 Å². The van der Waals surface area contributed by atoms with E-state index in [4.69, 9.17) is 4.74 Å². The van der Waals surface area contributed by atoms with Crippen LogP contribution in [0.25, 0.3) is 0 Å². The van der Waals surface area contributed by atoms with Gasteiger partial charge in [0.15, 0.2) is 0 Å². The summed E-state index contributed by atoms with van der Waals surface area (Å²) < 4.78 is 33.0. The number of carbonyl (C=O) groups is 1. The summed E-state index contributed by atoms with van der Waals surface area (Å²) in [5.74, 6) is 0.216. The maximum absolute atomic E-state index is 13.4. The molecule has 30 heavy (non-hydrogen) atoms. The minimum Gasteiger partial charge on any atom is -0.497 e. The van der Waals surface area contributed by atoms with Crippen molar-refractivity contribution in [2.24, 2.45) is 0 Å².